The molecule has 0 amide bonds. The third-order valence-corrected chi connectivity index (χ3v) is 4.29. The Morgan fingerprint density at radius 3 is 2.81 bits per heavy atom. The molecule has 0 aliphatic carbocycles. The van der Waals surface area contributed by atoms with Crippen molar-refractivity contribution in [3.8, 4) is 0 Å². The molecule has 1 aliphatic heterocycles. The lowest BCUT2D eigenvalue weighted by Crippen LogP contribution is -2.47. The topological polar surface area (TPSA) is 38.5 Å². The number of hydrogen-bond acceptors (Lipinski definition) is 4. The summed E-state index contributed by atoms with van der Waals surface area (Å²) in [4.78, 5) is 2.44. The summed E-state index contributed by atoms with van der Waals surface area (Å²) in [7, 11) is 2.20. The first-order valence-electron chi connectivity index (χ1n) is 6.23. The van der Waals surface area contributed by atoms with Crippen LogP contribution in [0.3, 0.4) is 0 Å². The van der Waals surface area contributed by atoms with E-state index in [0.29, 0.717) is 18.2 Å². The Bertz CT molecular complexity index is 192. The van der Waals surface area contributed by atoms with Crippen molar-refractivity contribution in [2.24, 2.45) is 5.73 Å². The van der Waals surface area contributed by atoms with Gasteiger partial charge in [-0.1, -0.05) is 0 Å². The molecule has 0 spiro atoms. The Hall–Kier alpha value is 0.230. The SMILES string of the molecule is CSCCCC(CN)N(C)C1CCOC1C. The van der Waals surface area contributed by atoms with Gasteiger partial charge < -0.3 is 10.5 Å². The van der Waals surface area contributed by atoms with Crippen LogP contribution in [0.4, 0.5) is 0 Å². The van der Waals surface area contributed by atoms with Crippen LogP contribution in [-0.4, -0.2) is 55.3 Å². The van der Waals surface area contributed by atoms with Crippen molar-refractivity contribution in [1.82, 2.24) is 4.90 Å². The van der Waals surface area contributed by atoms with Gasteiger partial charge in [0.1, 0.15) is 0 Å². The van der Waals surface area contributed by atoms with Crippen LogP contribution in [-0.2, 0) is 4.74 Å². The Morgan fingerprint density at radius 1 is 1.56 bits per heavy atom. The Balaban J connectivity index is 2.38. The third kappa shape index (κ3) is 3.91. The molecule has 0 bridgehead atoms. The highest BCUT2D eigenvalue weighted by Crippen LogP contribution is 2.21. The Morgan fingerprint density at radius 2 is 2.31 bits per heavy atom. The van der Waals surface area contributed by atoms with Crippen LogP contribution >= 0.6 is 11.8 Å². The van der Waals surface area contributed by atoms with Gasteiger partial charge in [0.25, 0.3) is 0 Å². The maximum Gasteiger partial charge on any atom is 0.0703 e. The lowest BCUT2D eigenvalue weighted by atomic mass is 10.0. The maximum absolute atomic E-state index is 5.88. The highest BCUT2D eigenvalue weighted by Gasteiger charge is 2.30. The van der Waals surface area contributed by atoms with Crippen molar-refractivity contribution in [3.05, 3.63) is 0 Å². The number of thioether (sulfide) groups is 1. The average molecular weight is 246 g/mol. The lowest BCUT2D eigenvalue weighted by Gasteiger charge is -2.33. The molecule has 4 heteroatoms. The molecule has 1 fully saturated rings. The zero-order valence-electron chi connectivity index (χ0n) is 10.8. The molecule has 96 valence electrons. The molecule has 1 rings (SSSR count). The third-order valence-electron chi connectivity index (χ3n) is 3.59. The summed E-state index contributed by atoms with van der Waals surface area (Å²) in [6, 6.07) is 1.07. The van der Waals surface area contributed by atoms with Crippen LogP contribution in [0, 0.1) is 0 Å². The zero-order chi connectivity index (χ0) is 12.0. The monoisotopic (exact) mass is 246 g/mol. The van der Waals surface area contributed by atoms with Gasteiger partial charge in [0.05, 0.1) is 6.10 Å². The highest BCUT2D eigenvalue weighted by atomic mass is 32.2. The van der Waals surface area contributed by atoms with E-state index in [1.54, 1.807) is 0 Å². The van der Waals surface area contributed by atoms with Gasteiger partial charge in [-0.25, -0.2) is 0 Å². The van der Waals surface area contributed by atoms with Crippen molar-refractivity contribution in [2.75, 3.05) is 32.2 Å². The van der Waals surface area contributed by atoms with Crippen molar-refractivity contribution in [1.29, 1.82) is 0 Å². The molecule has 1 saturated heterocycles. The first-order chi connectivity index (χ1) is 7.70. The van der Waals surface area contributed by atoms with Gasteiger partial charge in [0.15, 0.2) is 0 Å². The molecule has 1 heterocycles. The fraction of sp³-hybridized carbons (Fsp3) is 1.00. The normalized spacial score (nSPS) is 27.6. The standard InChI is InChI=1S/C12H26N2OS/c1-10-12(6-7-15-10)14(2)11(9-13)5-4-8-16-3/h10-12H,4-9,13H2,1-3H3. The first-order valence-corrected chi connectivity index (χ1v) is 7.62. The van der Waals surface area contributed by atoms with Gasteiger partial charge in [-0.2, -0.15) is 11.8 Å². The molecule has 0 aromatic carbocycles. The number of hydrogen-bond donors (Lipinski definition) is 1. The summed E-state index contributed by atoms with van der Waals surface area (Å²) in [5.74, 6) is 1.24. The smallest absolute Gasteiger partial charge is 0.0703 e. The molecule has 0 aromatic rings. The van der Waals surface area contributed by atoms with Crippen LogP contribution in [0.25, 0.3) is 0 Å². The van der Waals surface area contributed by atoms with Crippen LogP contribution < -0.4 is 5.73 Å². The molecule has 3 atom stereocenters. The van der Waals surface area contributed by atoms with Crippen LogP contribution in [0.1, 0.15) is 26.2 Å². The van der Waals surface area contributed by atoms with Crippen molar-refractivity contribution >= 4 is 11.8 Å². The second-order valence-electron chi connectivity index (χ2n) is 4.62. The summed E-state index contributed by atoms with van der Waals surface area (Å²) in [6.07, 6.45) is 6.14. The van der Waals surface area contributed by atoms with E-state index in [0.717, 1.165) is 19.6 Å². The number of rotatable bonds is 7. The Labute approximate surface area is 104 Å². The fourth-order valence-corrected chi connectivity index (χ4v) is 2.93. The van der Waals surface area contributed by atoms with E-state index in [-0.39, 0.29) is 0 Å². The quantitative estimate of drug-likeness (QED) is 0.692. The Kier molecular flexibility index (Phi) is 6.73. The van der Waals surface area contributed by atoms with E-state index in [1.807, 2.05) is 11.8 Å². The van der Waals surface area contributed by atoms with E-state index in [9.17, 15) is 0 Å². The molecular formula is C12H26N2OS. The fourth-order valence-electron chi connectivity index (χ4n) is 2.48. The molecule has 3 nitrogen and oxygen atoms in total. The van der Waals surface area contributed by atoms with Crippen molar-refractivity contribution in [2.45, 2.75) is 44.4 Å². The second-order valence-corrected chi connectivity index (χ2v) is 5.61. The van der Waals surface area contributed by atoms with Gasteiger partial charge in [0, 0.05) is 25.2 Å². The molecule has 3 unspecified atom stereocenters. The minimum absolute atomic E-state index is 0.361. The largest absolute Gasteiger partial charge is 0.377 e. The lowest BCUT2D eigenvalue weighted by molar-refractivity contribution is 0.0669. The minimum Gasteiger partial charge on any atom is -0.377 e. The van der Waals surface area contributed by atoms with E-state index < -0.39 is 0 Å². The summed E-state index contributed by atoms with van der Waals surface area (Å²) in [6.45, 7) is 3.83. The summed E-state index contributed by atoms with van der Waals surface area (Å²) in [5.41, 5.74) is 5.88. The predicted octanol–water partition coefficient (Wildman–Crippen LogP) is 1.57. The van der Waals surface area contributed by atoms with E-state index >= 15 is 0 Å². The van der Waals surface area contributed by atoms with Crippen molar-refractivity contribution in [3.63, 3.8) is 0 Å². The minimum atomic E-state index is 0.361. The summed E-state index contributed by atoms with van der Waals surface area (Å²) < 4.78 is 5.62. The molecule has 0 aromatic heterocycles. The van der Waals surface area contributed by atoms with E-state index in [1.165, 1.54) is 18.6 Å². The number of nitrogens with two attached hydrogens (primary N) is 1. The zero-order valence-corrected chi connectivity index (χ0v) is 11.6. The van der Waals surface area contributed by atoms with Gasteiger partial charge in [-0.15, -0.1) is 0 Å². The highest BCUT2D eigenvalue weighted by molar-refractivity contribution is 7.98. The molecule has 1 aliphatic rings. The number of likely N-dealkylation sites (N-methyl/N-ethyl adjacent to an activating group) is 1. The summed E-state index contributed by atoms with van der Waals surface area (Å²) >= 11 is 1.91. The number of ether oxygens (including phenoxy) is 1. The first kappa shape index (κ1) is 14.3. The number of nitrogens with zero attached hydrogens (tertiary/aromatic N) is 1. The second kappa shape index (κ2) is 7.54. The molecule has 2 N–H and O–H groups in total. The molecule has 0 radical (unpaired) electrons. The maximum atomic E-state index is 5.88. The summed E-state index contributed by atoms with van der Waals surface area (Å²) in [5, 5.41) is 0. The molecular weight excluding hydrogens is 220 g/mol. The van der Waals surface area contributed by atoms with Crippen LogP contribution in [0.5, 0.6) is 0 Å². The van der Waals surface area contributed by atoms with E-state index in [2.05, 4.69) is 25.1 Å². The predicted molar refractivity (Wildman–Crippen MR) is 72.0 cm³/mol. The van der Waals surface area contributed by atoms with Gasteiger partial charge >= 0.3 is 0 Å². The van der Waals surface area contributed by atoms with Crippen molar-refractivity contribution < 1.29 is 4.74 Å². The average Bonchev–Trinajstić information content (AvgIpc) is 2.70. The van der Waals surface area contributed by atoms with Gasteiger partial charge in [-0.3, -0.25) is 4.90 Å². The molecule has 16 heavy (non-hydrogen) atoms. The van der Waals surface area contributed by atoms with Gasteiger partial charge in [-0.05, 0) is 45.2 Å². The van der Waals surface area contributed by atoms with Crippen LogP contribution in [0.2, 0.25) is 0 Å². The van der Waals surface area contributed by atoms with Gasteiger partial charge in [0.2, 0.25) is 0 Å². The van der Waals surface area contributed by atoms with Crippen LogP contribution in [0.15, 0.2) is 0 Å². The van der Waals surface area contributed by atoms with E-state index in [4.69, 9.17) is 10.5 Å². The molecule has 0 saturated carbocycles.